The third-order valence-corrected chi connectivity index (χ3v) is 3.77. The second kappa shape index (κ2) is 7.90. The predicted molar refractivity (Wildman–Crippen MR) is 83.0 cm³/mol. The minimum Gasteiger partial charge on any atom is -0.396 e. The summed E-state index contributed by atoms with van der Waals surface area (Å²) in [6, 6.07) is 10.1. The van der Waals surface area contributed by atoms with Gasteiger partial charge in [-0.3, -0.25) is 4.99 Å². The van der Waals surface area contributed by atoms with Gasteiger partial charge < -0.3 is 15.7 Å². The number of aliphatic hydroxyl groups excluding tert-OH is 1. The summed E-state index contributed by atoms with van der Waals surface area (Å²) in [7, 11) is 1.78. The number of guanidine groups is 1. The molecular weight excluding hydrogens is 250 g/mol. The third kappa shape index (κ3) is 4.85. The molecule has 1 saturated carbocycles. The van der Waals surface area contributed by atoms with Gasteiger partial charge in [-0.05, 0) is 17.9 Å². The van der Waals surface area contributed by atoms with E-state index in [9.17, 15) is 5.11 Å². The molecule has 4 nitrogen and oxygen atoms in total. The average Bonchev–Trinajstić information content (AvgIpc) is 3.31. The molecule has 0 saturated heterocycles. The van der Waals surface area contributed by atoms with Gasteiger partial charge in [0.05, 0.1) is 6.61 Å². The van der Waals surface area contributed by atoms with E-state index < -0.39 is 0 Å². The fourth-order valence-corrected chi connectivity index (χ4v) is 2.25. The molecule has 1 aromatic carbocycles. The van der Waals surface area contributed by atoms with Crippen LogP contribution in [-0.4, -0.2) is 37.8 Å². The fraction of sp³-hybridized carbons (Fsp3) is 0.562. The second-order valence-corrected chi connectivity index (χ2v) is 5.40. The summed E-state index contributed by atoms with van der Waals surface area (Å²) < 4.78 is 0. The van der Waals surface area contributed by atoms with Crippen molar-refractivity contribution in [1.82, 2.24) is 10.6 Å². The Labute approximate surface area is 121 Å². The fourth-order valence-electron chi connectivity index (χ4n) is 2.25. The summed E-state index contributed by atoms with van der Waals surface area (Å²) in [4.78, 5) is 4.22. The summed E-state index contributed by atoms with van der Waals surface area (Å²) in [5.74, 6) is 1.84. The molecule has 0 aromatic heterocycles. The van der Waals surface area contributed by atoms with Crippen LogP contribution in [0.2, 0.25) is 0 Å². The van der Waals surface area contributed by atoms with Gasteiger partial charge in [0.2, 0.25) is 0 Å². The minimum atomic E-state index is 0.0955. The normalized spacial score (nSPS) is 16.8. The molecule has 1 aliphatic rings. The Morgan fingerprint density at radius 3 is 2.65 bits per heavy atom. The van der Waals surface area contributed by atoms with Gasteiger partial charge in [-0.25, -0.2) is 0 Å². The molecule has 4 heteroatoms. The minimum absolute atomic E-state index is 0.0955. The number of nitrogens with zero attached hydrogens (tertiary/aromatic N) is 1. The van der Waals surface area contributed by atoms with Gasteiger partial charge in [-0.2, -0.15) is 0 Å². The highest BCUT2D eigenvalue weighted by Crippen LogP contribution is 2.31. The van der Waals surface area contributed by atoms with Crippen molar-refractivity contribution in [2.75, 3.05) is 26.7 Å². The summed E-state index contributed by atoms with van der Waals surface area (Å²) in [5.41, 5.74) is 1.15. The van der Waals surface area contributed by atoms with E-state index in [0.717, 1.165) is 24.0 Å². The van der Waals surface area contributed by atoms with E-state index in [1.54, 1.807) is 7.05 Å². The van der Waals surface area contributed by atoms with E-state index in [-0.39, 0.29) is 12.5 Å². The SMILES string of the molecule is CN=C(NCCC1CC1)NCC(CO)c1ccccc1. The van der Waals surface area contributed by atoms with Crippen LogP contribution in [0.3, 0.4) is 0 Å². The first-order chi connectivity index (χ1) is 9.83. The smallest absolute Gasteiger partial charge is 0.190 e. The lowest BCUT2D eigenvalue weighted by molar-refractivity contribution is 0.265. The Bertz CT molecular complexity index is 415. The van der Waals surface area contributed by atoms with Gasteiger partial charge in [-0.1, -0.05) is 43.2 Å². The average molecular weight is 275 g/mol. The molecule has 1 aromatic rings. The molecular formula is C16H25N3O. The van der Waals surface area contributed by atoms with Crippen LogP contribution in [0.4, 0.5) is 0 Å². The van der Waals surface area contributed by atoms with Crippen LogP contribution in [0.15, 0.2) is 35.3 Å². The number of hydrogen-bond acceptors (Lipinski definition) is 2. The van der Waals surface area contributed by atoms with Crippen LogP contribution < -0.4 is 10.6 Å². The first-order valence-corrected chi connectivity index (χ1v) is 7.43. The van der Waals surface area contributed by atoms with Crippen molar-refractivity contribution in [2.45, 2.75) is 25.2 Å². The zero-order valence-electron chi connectivity index (χ0n) is 12.2. The van der Waals surface area contributed by atoms with Crippen LogP contribution in [-0.2, 0) is 0 Å². The Balaban J connectivity index is 1.75. The lowest BCUT2D eigenvalue weighted by atomic mass is 10.0. The lowest BCUT2D eigenvalue weighted by Crippen LogP contribution is -2.40. The molecule has 20 heavy (non-hydrogen) atoms. The highest BCUT2D eigenvalue weighted by atomic mass is 16.3. The summed E-state index contributed by atoms with van der Waals surface area (Å²) in [6.45, 7) is 1.79. The molecule has 0 bridgehead atoms. The van der Waals surface area contributed by atoms with Crippen LogP contribution >= 0.6 is 0 Å². The summed E-state index contributed by atoms with van der Waals surface area (Å²) in [5, 5.41) is 16.1. The highest BCUT2D eigenvalue weighted by molar-refractivity contribution is 5.79. The van der Waals surface area contributed by atoms with Crippen molar-refractivity contribution in [3.63, 3.8) is 0 Å². The number of aliphatic hydroxyl groups is 1. The zero-order chi connectivity index (χ0) is 14.2. The molecule has 1 atom stereocenters. The van der Waals surface area contributed by atoms with Gasteiger partial charge in [0.25, 0.3) is 0 Å². The first kappa shape index (κ1) is 14.9. The van der Waals surface area contributed by atoms with E-state index in [0.29, 0.717) is 6.54 Å². The van der Waals surface area contributed by atoms with Crippen molar-refractivity contribution in [1.29, 1.82) is 0 Å². The van der Waals surface area contributed by atoms with E-state index in [1.165, 1.54) is 19.3 Å². The molecule has 1 fully saturated rings. The summed E-state index contributed by atoms with van der Waals surface area (Å²) in [6.07, 6.45) is 3.99. The second-order valence-electron chi connectivity index (χ2n) is 5.40. The quantitative estimate of drug-likeness (QED) is 0.525. The molecule has 1 unspecified atom stereocenters. The van der Waals surface area contributed by atoms with Crippen molar-refractivity contribution >= 4 is 5.96 Å². The van der Waals surface area contributed by atoms with Crippen molar-refractivity contribution in [2.24, 2.45) is 10.9 Å². The van der Waals surface area contributed by atoms with Gasteiger partial charge in [-0.15, -0.1) is 0 Å². The van der Waals surface area contributed by atoms with E-state index in [4.69, 9.17) is 0 Å². The van der Waals surface area contributed by atoms with E-state index in [1.807, 2.05) is 30.3 Å². The summed E-state index contributed by atoms with van der Waals surface area (Å²) >= 11 is 0. The number of benzene rings is 1. The Morgan fingerprint density at radius 2 is 2.05 bits per heavy atom. The lowest BCUT2D eigenvalue weighted by Gasteiger charge is -2.18. The van der Waals surface area contributed by atoms with Gasteiger partial charge >= 0.3 is 0 Å². The Morgan fingerprint density at radius 1 is 1.30 bits per heavy atom. The van der Waals surface area contributed by atoms with E-state index in [2.05, 4.69) is 15.6 Å². The Hall–Kier alpha value is -1.55. The Kier molecular flexibility index (Phi) is 5.87. The van der Waals surface area contributed by atoms with Crippen molar-refractivity contribution < 1.29 is 5.11 Å². The molecule has 0 radical (unpaired) electrons. The van der Waals surface area contributed by atoms with Crippen LogP contribution in [0, 0.1) is 5.92 Å². The number of rotatable bonds is 7. The molecule has 0 amide bonds. The highest BCUT2D eigenvalue weighted by Gasteiger charge is 2.20. The largest absolute Gasteiger partial charge is 0.396 e. The first-order valence-electron chi connectivity index (χ1n) is 7.43. The monoisotopic (exact) mass is 275 g/mol. The third-order valence-electron chi connectivity index (χ3n) is 3.77. The topological polar surface area (TPSA) is 56.7 Å². The van der Waals surface area contributed by atoms with Crippen LogP contribution in [0.1, 0.15) is 30.7 Å². The maximum absolute atomic E-state index is 9.52. The maximum atomic E-state index is 9.52. The van der Waals surface area contributed by atoms with Gasteiger partial charge in [0, 0.05) is 26.1 Å². The standard InChI is InChI=1S/C16H25N3O/c1-17-16(18-10-9-13-7-8-13)19-11-15(12-20)14-5-3-2-4-6-14/h2-6,13,15,20H,7-12H2,1H3,(H2,17,18,19). The molecule has 0 spiro atoms. The number of nitrogens with one attached hydrogen (secondary N) is 2. The van der Waals surface area contributed by atoms with E-state index >= 15 is 0 Å². The maximum Gasteiger partial charge on any atom is 0.190 e. The number of aliphatic imine (C=N–C) groups is 1. The molecule has 110 valence electrons. The van der Waals surface area contributed by atoms with Crippen LogP contribution in [0.5, 0.6) is 0 Å². The van der Waals surface area contributed by atoms with Crippen molar-refractivity contribution in [3.8, 4) is 0 Å². The molecule has 0 aliphatic heterocycles. The predicted octanol–water partition coefficient (Wildman–Crippen LogP) is 1.73. The van der Waals surface area contributed by atoms with Gasteiger partial charge in [0.15, 0.2) is 5.96 Å². The molecule has 2 rings (SSSR count). The zero-order valence-corrected chi connectivity index (χ0v) is 12.2. The molecule has 3 N–H and O–H groups in total. The van der Waals surface area contributed by atoms with Crippen molar-refractivity contribution in [3.05, 3.63) is 35.9 Å². The number of hydrogen-bond donors (Lipinski definition) is 3. The molecule has 0 heterocycles. The van der Waals surface area contributed by atoms with Crippen LogP contribution in [0.25, 0.3) is 0 Å². The molecule has 1 aliphatic carbocycles. The van der Waals surface area contributed by atoms with Gasteiger partial charge in [0.1, 0.15) is 0 Å².